The van der Waals surface area contributed by atoms with Crippen LogP contribution in [0.15, 0.2) is 54.6 Å². The normalized spacial score (nSPS) is 17.1. The zero-order valence-electron chi connectivity index (χ0n) is 11.5. The van der Waals surface area contributed by atoms with E-state index in [2.05, 4.69) is 54.6 Å². The van der Waals surface area contributed by atoms with Crippen molar-refractivity contribution in [1.82, 2.24) is 0 Å². The Bertz CT molecular complexity index is 505. The number of benzene rings is 2. The molecule has 1 fully saturated rings. The summed E-state index contributed by atoms with van der Waals surface area (Å²) >= 11 is 0. The molecular weight excluding hydrogens is 228 g/mol. The van der Waals surface area contributed by atoms with E-state index in [0.717, 1.165) is 5.92 Å². The van der Waals surface area contributed by atoms with Crippen molar-refractivity contribution in [3.8, 4) is 11.1 Å². The molecule has 0 radical (unpaired) electrons. The standard InChI is InChI=1S/C19H22/c1-2-5-11-16(10-4-1)18-14-8-9-15-19(18)17-12-6-3-7-13-17/h3,6-9,12-16H,1-2,4-5,10-11H2. The second-order valence-corrected chi connectivity index (χ2v) is 5.64. The summed E-state index contributed by atoms with van der Waals surface area (Å²) in [6.07, 6.45) is 8.36. The molecule has 0 N–H and O–H groups in total. The van der Waals surface area contributed by atoms with Crippen LogP contribution in [0.4, 0.5) is 0 Å². The van der Waals surface area contributed by atoms with Gasteiger partial charge in [0, 0.05) is 0 Å². The van der Waals surface area contributed by atoms with E-state index in [1.54, 1.807) is 5.56 Å². The van der Waals surface area contributed by atoms with Gasteiger partial charge in [-0.1, -0.05) is 80.3 Å². The van der Waals surface area contributed by atoms with Gasteiger partial charge in [0.2, 0.25) is 0 Å². The van der Waals surface area contributed by atoms with E-state index >= 15 is 0 Å². The van der Waals surface area contributed by atoms with Crippen LogP contribution in [0.5, 0.6) is 0 Å². The Morgan fingerprint density at radius 2 is 1.26 bits per heavy atom. The van der Waals surface area contributed by atoms with Gasteiger partial charge in [-0.15, -0.1) is 0 Å². The SMILES string of the molecule is c1ccc(-c2ccccc2C2CCCCCC2)cc1. The van der Waals surface area contributed by atoms with Crippen molar-refractivity contribution in [3.05, 3.63) is 60.2 Å². The van der Waals surface area contributed by atoms with E-state index in [-0.39, 0.29) is 0 Å². The van der Waals surface area contributed by atoms with E-state index in [0.29, 0.717) is 0 Å². The molecule has 0 aromatic heterocycles. The Kier molecular flexibility index (Phi) is 3.98. The fraction of sp³-hybridized carbons (Fsp3) is 0.368. The lowest BCUT2D eigenvalue weighted by Crippen LogP contribution is -1.99. The lowest BCUT2D eigenvalue weighted by Gasteiger charge is -2.19. The largest absolute Gasteiger partial charge is 0.0622 e. The van der Waals surface area contributed by atoms with Gasteiger partial charge in [0.05, 0.1) is 0 Å². The van der Waals surface area contributed by atoms with Gasteiger partial charge in [0.15, 0.2) is 0 Å². The van der Waals surface area contributed by atoms with Crippen LogP contribution in [-0.2, 0) is 0 Å². The first-order valence-corrected chi connectivity index (χ1v) is 7.59. The molecule has 2 aromatic carbocycles. The molecule has 0 aliphatic heterocycles. The maximum atomic E-state index is 2.35. The first-order valence-electron chi connectivity index (χ1n) is 7.59. The monoisotopic (exact) mass is 250 g/mol. The molecule has 0 nitrogen and oxygen atoms in total. The second-order valence-electron chi connectivity index (χ2n) is 5.64. The quantitative estimate of drug-likeness (QED) is 0.592. The van der Waals surface area contributed by atoms with Crippen molar-refractivity contribution < 1.29 is 0 Å². The van der Waals surface area contributed by atoms with Gasteiger partial charge >= 0.3 is 0 Å². The Morgan fingerprint density at radius 3 is 2.00 bits per heavy atom. The molecule has 0 spiro atoms. The Labute approximate surface area is 116 Å². The first kappa shape index (κ1) is 12.5. The molecule has 1 aliphatic carbocycles. The van der Waals surface area contributed by atoms with Crippen molar-refractivity contribution in [2.45, 2.75) is 44.4 Å². The lowest BCUT2D eigenvalue weighted by molar-refractivity contribution is 0.594. The zero-order chi connectivity index (χ0) is 12.9. The summed E-state index contributed by atoms with van der Waals surface area (Å²) < 4.78 is 0. The molecule has 3 rings (SSSR count). The molecule has 0 amide bonds. The number of rotatable bonds is 2. The highest BCUT2D eigenvalue weighted by atomic mass is 14.2. The van der Waals surface area contributed by atoms with Crippen molar-refractivity contribution in [2.24, 2.45) is 0 Å². The van der Waals surface area contributed by atoms with E-state index in [4.69, 9.17) is 0 Å². The van der Waals surface area contributed by atoms with Gasteiger partial charge < -0.3 is 0 Å². The van der Waals surface area contributed by atoms with E-state index in [1.165, 1.54) is 49.7 Å². The lowest BCUT2D eigenvalue weighted by atomic mass is 9.86. The van der Waals surface area contributed by atoms with E-state index < -0.39 is 0 Å². The van der Waals surface area contributed by atoms with Gasteiger partial charge in [-0.05, 0) is 35.4 Å². The summed E-state index contributed by atoms with van der Waals surface area (Å²) in [5.74, 6) is 0.763. The minimum absolute atomic E-state index is 0.763. The fourth-order valence-electron chi connectivity index (χ4n) is 3.32. The summed E-state index contributed by atoms with van der Waals surface area (Å²) in [4.78, 5) is 0. The highest BCUT2D eigenvalue weighted by Gasteiger charge is 2.17. The Hall–Kier alpha value is -1.56. The third-order valence-corrected chi connectivity index (χ3v) is 4.34. The molecule has 0 unspecified atom stereocenters. The third-order valence-electron chi connectivity index (χ3n) is 4.34. The molecule has 98 valence electrons. The maximum absolute atomic E-state index is 2.35. The van der Waals surface area contributed by atoms with Crippen LogP contribution in [0.25, 0.3) is 11.1 Å². The number of hydrogen-bond acceptors (Lipinski definition) is 0. The summed E-state index contributed by atoms with van der Waals surface area (Å²) in [7, 11) is 0. The molecule has 0 bridgehead atoms. The van der Waals surface area contributed by atoms with Crippen molar-refractivity contribution in [1.29, 1.82) is 0 Å². The van der Waals surface area contributed by atoms with Crippen molar-refractivity contribution >= 4 is 0 Å². The minimum atomic E-state index is 0.763. The predicted octanol–water partition coefficient (Wildman–Crippen LogP) is 5.79. The Morgan fingerprint density at radius 1 is 0.632 bits per heavy atom. The maximum Gasteiger partial charge on any atom is -0.0149 e. The van der Waals surface area contributed by atoms with Crippen LogP contribution in [-0.4, -0.2) is 0 Å². The zero-order valence-corrected chi connectivity index (χ0v) is 11.5. The molecule has 2 aromatic rings. The number of hydrogen-bond donors (Lipinski definition) is 0. The average Bonchev–Trinajstić information content (AvgIpc) is 2.77. The highest BCUT2D eigenvalue weighted by molar-refractivity contribution is 5.67. The van der Waals surface area contributed by atoms with Crippen molar-refractivity contribution in [3.63, 3.8) is 0 Å². The van der Waals surface area contributed by atoms with Crippen molar-refractivity contribution in [2.75, 3.05) is 0 Å². The van der Waals surface area contributed by atoms with Gasteiger partial charge in [-0.25, -0.2) is 0 Å². The van der Waals surface area contributed by atoms with Gasteiger partial charge in [-0.3, -0.25) is 0 Å². The predicted molar refractivity (Wildman–Crippen MR) is 82.3 cm³/mol. The molecule has 0 saturated heterocycles. The molecule has 0 heterocycles. The summed E-state index contributed by atoms with van der Waals surface area (Å²) in [5.41, 5.74) is 4.37. The topological polar surface area (TPSA) is 0 Å². The molecule has 1 aliphatic rings. The van der Waals surface area contributed by atoms with Crippen LogP contribution in [0.2, 0.25) is 0 Å². The summed E-state index contributed by atoms with van der Waals surface area (Å²) in [6, 6.07) is 19.8. The van der Waals surface area contributed by atoms with Crippen LogP contribution in [0, 0.1) is 0 Å². The average molecular weight is 250 g/mol. The van der Waals surface area contributed by atoms with Gasteiger partial charge in [-0.2, -0.15) is 0 Å². The van der Waals surface area contributed by atoms with Gasteiger partial charge in [0.25, 0.3) is 0 Å². The van der Waals surface area contributed by atoms with Gasteiger partial charge in [0.1, 0.15) is 0 Å². The fourth-order valence-corrected chi connectivity index (χ4v) is 3.32. The highest BCUT2D eigenvalue weighted by Crippen LogP contribution is 2.37. The first-order chi connectivity index (χ1) is 9.45. The smallest absolute Gasteiger partial charge is 0.0149 e. The molecule has 19 heavy (non-hydrogen) atoms. The molecule has 0 heteroatoms. The second kappa shape index (κ2) is 6.06. The minimum Gasteiger partial charge on any atom is -0.0622 e. The van der Waals surface area contributed by atoms with Crippen LogP contribution in [0.1, 0.15) is 50.0 Å². The van der Waals surface area contributed by atoms with Crippen LogP contribution >= 0.6 is 0 Å². The third kappa shape index (κ3) is 2.89. The molecule has 1 saturated carbocycles. The van der Waals surface area contributed by atoms with E-state index in [9.17, 15) is 0 Å². The van der Waals surface area contributed by atoms with Crippen LogP contribution < -0.4 is 0 Å². The molecule has 0 atom stereocenters. The summed E-state index contributed by atoms with van der Waals surface area (Å²) in [5, 5.41) is 0. The van der Waals surface area contributed by atoms with E-state index in [1.807, 2.05) is 0 Å². The summed E-state index contributed by atoms with van der Waals surface area (Å²) in [6.45, 7) is 0. The van der Waals surface area contributed by atoms with Crippen LogP contribution in [0.3, 0.4) is 0 Å². The Balaban J connectivity index is 1.97. The molecular formula is C19H22.